The number of aliphatic imine (C=N–C) groups is 1. The third-order valence-electron chi connectivity index (χ3n) is 12.3. The number of pyridine rings is 1. The van der Waals surface area contributed by atoms with E-state index in [4.69, 9.17) is 28.7 Å². The third kappa shape index (κ3) is 7.94. The van der Waals surface area contributed by atoms with Crippen LogP contribution in [0, 0.1) is 17.8 Å². The van der Waals surface area contributed by atoms with Crippen molar-refractivity contribution in [1.82, 2.24) is 19.9 Å². The fourth-order valence-electron chi connectivity index (χ4n) is 8.98. The fraction of sp³-hybridized carbons (Fsp3) is 0.769. The number of aliphatic hydroxyl groups is 1. The molecule has 0 saturated carbocycles. The van der Waals surface area contributed by atoms with E-state index in [9.17, 15) is 19.5 Å². The molecule has 2 bridgehead atoms. The zero-order valence-corrected chi connectivity index (χ0v) is 33.7. The highest BCUT2D eigenvalue weighted by Crippen LogP contribution is 2.44. The monoisotopic (exact) mass is 761 g/mol. The molecule has 0 spiro atoms. The number of Topliss-reactive ketones (excluding diaryl/α,β-unsaturated/α-hetero) is 1. The van der Waals surface area contributed by atoms with Gasteiger partial charge in [0, 0.05) is 49.6 Å². The largest absolute Gasteiger partial charge is 0.456 e. The minimum atomic E-state index is -3.12. The number of fused-ring (bicyclic) bond motifs is 1. The Balaban J connectivity index is 1.57. The Kier molecular flexibility index (Phi) is 12.6. The number of ketones is 1. The maximum Gasteiger partial charge on any atom is 0.425 e. The van der Waals surface area contributed by atoms with Gasteiger partial charge in [0.1, 0.15) is 24.9 Å². The van der Waals surface area contributed by atoms with Gasteiger partial charge in [0.25, 0.3) is 5.67 Å². The standard InChI is InChI=1S/C39H60FN5O9/c1-22-20-37(6,50-11)33(53-34-30(46)28(43(9)10)19-23(2)51-34)25(4)32(47)38(7,40)35(48)52-26(5)39(8)31-24(3)29(22)42-21-44(45(31)36(49)54-39)18-12-13-27-14-16-41-17-15-27/h14-17,22-26,28,30-31,33-34,46H,12-13,18-21H2,1-11H3/t22-,23-,24-,25+,26+,28+,30-,31-,33-,34+,37+,38?,39-/m1/s1. The summed E-state index contributed by atoms with van der Waals surface area (Å²) in [6.07, 6.45) is 0.126. The molecule has 4 aliphatic heterocycles. The molecule has 0 aliphatic carbocycles. The van der Waals surface area contributed by atoms with Crippen molar-refractivity contribution in [3.05, 3.63) is 30.1 Å². The molecule has 1 N–H and O–H groups in total. The number of carbonyl (C=O) groups excluding carboxylic acids is 3. The first kappa shape index (κ1) is 42.1. The molecule has 1 aromatic heterocycles. The molecule has 0 aromatic carbocycles. The molecular formula is C39H60FN5O9. The van der Waals surface area contributed by atoms with Crippen LogP contribution in [0.2, 0.25) is 0 Å². The van der Waals surface area contributed by atoms with Crippen LogP contribution in [-0.2, 0) is 39.7 Å². The molecule has 1 amide bonds. The molecule has 1 aromatic rings. The lowest BCUT2D eigenvalue weighted by molar-refractivity contribution is -0.295. The van der Waals surface area contributed by atoms with Crippen molar-refractivity contribution in [3.63, 3.8) is 0 Å². The van der Waals surface area contributed by atoms with Crippen LogP contribution < -0.4 is 0 Å². The molecule has 5 heterocycles. The number of rotatable bonds is 8. The van der Waals surface area contributed by atoms with E-state index in [0.717, 1.165) is 24.6 Å². The molecular weight excluding hydrogens is 701 g/mol. The van der Waals surface area contributed by atoms with Crippen molar-refractivity contribution in [2.45, 2.75) is 141 Å². The lowest BCUT2D eigenvalue weighted by Crippen LogP contribution is -2.62. The number of carbonyl (C=O) groups is 3. The number of aliphatic hydroxyl groups excluding tert-OH is 1. The SMILES string of the molecule is CO[C@@]1(C)C[C@@H](C)C2=NCN(CCCc3ccncc3)N3C(=O)O[C@](C)([C@H](C)OC(=O)C(C)(F)C(=O)[C@H](C)[C@H]1O[C@@H]1O[C@H](C)C[C@H](N(C)C)[C@H]1O)[C@H]3[C@@H]2C. The Bertz CT molecular complexity index is 1550. The summed E-state index contributed by atoms with van der Waals surface area (Å²) in [6.45, 7) is 13.8. The second kappa shape index (κ2) is 16.2. The molecule has 15 heteroatoms. The number of hydrazine groups is 1. The maximum absolute atomic E-state index is 16.8. The molecule has 14 nitrogen and oxygen atoms in total. The highest BCUT2D eigenvalue weighted by molar-refractivity contribution is 6.08. The molecule has 1 unspecified atom stereocenters. The lowest BCUT2D eigenvalue weighted by Gasteiger charge is -2.47. The number of halogens is 1. The summed E-state index contributed by atoms with van der Waals surface area (Å²) in [5.41, 5.74) is -3.99. The van der Waals surface area contributed by atoms with Crippen LogP contribution in [0.5, 0.6) is 0 Å². The van der Waals surface area contributed by atoms with Crippen molar-refractivity contribution < 1.29 is 47.6 Å². The van der Waals surface area contributed by atoms with E-state index in [1.165, 1.54) is 14.0 Å². The number of hydrogen-bond acceptors (Lipinski definition) is 13. The Hall–Kier alpha value is -3.08. The van der Waals surface area contributed by atoms with E-state index < -0.39 is 77.2 Å². The first-order valence-electron chi connectivity index (χ1n) is 19.1. The van der Waals surface area contributed by atoms with E-state index in [0.29, 0.717) is 19.4 Å². The quantitative estimate of drug-likeness (QED) is 0.301. The minimum absolute atomic E-state index is 0.156. The van der Waals surface area contributed by atoms with Gasteiger partial charge in [0.15, 0.2) is 17.7 Å². The molecule has 4 aliphatic rings. The second-order valence-electron chi connectivity index (χ2n) is 16.5. The Morgan fingerprint density at radius 1 is 1.06 bits per heavy atom. The number of cyclic esters (lactones) is 1. The Morgan fingerprint density at radius 2 is 1.72 bits per heavy atom. The van der Waals surface area contributed by atoms with Gasteiger partial charge in [-0.1, -0.05) is 20.8 Å². The topological polar surface area (TPSA) is 153 Å². The number of methoxy groups -OCH3 is 1. The van der Waals surface area contributed by atoms with E-state index in [1.807, 2.05) is 56.9 Å². The minimum Gasteiger partial charge on any atom is -0.456 e. The number of ether oxygens (including phenoxy) is 5. The van der Waals surface area contributed by atoms with Crippen LogP contribution in [-0.4, -0.2) is 143 Å². The van der Waals surface area contributed by atoms with Crippen LogP contribution >= 0.6 is 0 Å². The van der Waals surface area contributed by atoms with Crippen molar-refractivity contribution in [2.24, 2.45) is 22.7 Å². The third-order valence-corrected chi connectivity index (χ3v) is 12.3. The molecule has 5 rings (SSSR count). The molecule has 3 fully saturated rings. The van der Waals surface area contributed by atoms with E-state index in [1.54, 1.807) is 38.2 Å². The van der Waals surface area contributed by atoms with Gasteiger partial charge < -0.3 is 33.7 Å². The highest BCUT2D eigenvalue weighted by Gasteiger charge is 2.62. The van der Waals surface area contributed by atoms with E-state index in [-0.39, 0.29) is 31.2 Å². The summed E-state index contributed by atoms with van der Waals surface area (Å²) < 4.78 is 47.6. The average Bonchev–Trinajstić information content (AvgIpc) is 3.30. The van der Waals surface area contributed by atoms with Gasteiger partial charge in [-0.15, -0.1) is 0 Å². The van der Waals surface area contributed by atoms with Crippen molar-refractivity contribution in [1.29, 1.82) is 0 Å². The van der Waals surface area contributed by atoms with Crippen LogP contribution in [0.4, 0.5) is 9.18 Å². The smallest absolute Gasteiger partial charge is 0.425 e. The Morgan fingerprint density at radius 3 is 2.35 bits per heavy atom. The van der Waals surface area contributed by atoms with E-state index >= 15 is 4.39 Å². The number of hydrogen-bond donors (Lipinski definition) is 1. The molecule has 3 saturated heterocycles. The summed E-state index contributed by atoms with van der Waals surface area (Å²) in [7, 11) is 5.19. The Labute approximate surface area is 318 Å². The van der Waals surface area contributed by atoms with Gasteiger partial charge >= 0.3 is 12.1 Å². The van der Waals surface area contributed by atoms with Crippen LogP contribution in [0.1, 0.15) is 80.2 Å². The van der Waals surface area contributed by atoms with Gasteiger partial charge in [-0.2, -0.15) is 5.01 Å². The number of amides is 1. The summed E-state index contributed by atoms with van der Waals surface area (Å²) in [5.74, 6) is -4.52. The van der Waals surface area contributed by atoms with E-state index in [2.05, 4.69) is 4.98 Å². The first-order valence-corrected chi connectivity index (χ1v) is 19.1. The van der Waals surface area contributed by atoms with Crippen LogP contribution in [0.25, 0.3) is 0 Å². The normalized spacial score (nSPS) is 41.2. The number of alkyl halides is 1. The predicted octanol–water partition coefficient (Wildman–Crippen LogP) is 3.98. The highest BCUT2D eigenvalue weighted by atomic mass is 19.1. The molecule has 0 radical (unpaired) electrons. The number of nitrogens with zero attached hydrogens (tertiary/aromatic N) is 5. The zero-order valence-electron chi connectivity index (χ0n) is 33.7. The second-order valence-corrected chi connectivity index (χ2v) is 16.5. The summed E-state index contributed by atoms with van der Waals surface area (Å²) in [6, 6.07) is 2.87. The number of aromatic nitrogens is 1. The van der Waals surface area contributed by atoms with Crippen molar-refractivity contribution in [2.75, 3.05) is 34.4 Å². The predicted molar refractivity (Wildman–Crippen MR) is 197 cm³/mol. The molecule has 13 atom stereocenters. The van der Waals surface area contributed by atoms with Crippen molar-refractivity contribution in [3.8, 4) is 0 Å². The van der Waals surface area contributed by atoms with Crippen molar-refractivity contribution >= 4 is 23.6 Å². The molecule has 302 valence electrons. The summed E-state index contributed by atoms with van der Waals surface area (Å²) >= 11 is 0. The summed E-state index contributed by atoms with van der Waals surface area (Å²) in [5, 5.41) is 14.9. The average molecular weight is 762 g/mol. The number of aryl methyl sites for hydroxylation is 1. The maximum atomic E-state index is 16.8. The fourth-order valence-corrected chi connectivity index (χ4v) is 8.98. The van der Waals surface area contributed by atoms with Gasteiger partial charge in [-0.25, -0.2) is 19.0 Å². The van der Waals surface area contributed by atoms with Gasteiger partial charge in [-0.3, -0.25) is 14.8 Å². The number of esters is 1. The molecule has 54 heavy (non-hydrogen) atoms. The van der Waals surface area contributed by atoms with Gasteiger partial charge in [-0.05, 0) is 98.0 Å². The summed E-state index contributed by atoms with van der Waals surface area (Å²) in [4.78, 5) is 53.0. The lowest BCUT2D eigenvalue weighted by atomic mass is 9.73. The first-order chi connectivity index (χ1) is 25.3. The number of likely N-dealkylation sites (N-methyl/N-ethyl adjacent to an activating group) is 1. The van der Waals surface area contributed by atoms with Crippen LogP contribution in [0.15, 0.2) is 29.5 Å². The van der Waals surface area contributed by atoms with Crippen LogP contribution in [0.3, 0.4) is 0 Å². The zero-order chi connectivity index (χ0) is 39.9. The van der Waals surface area contributed by atoms with Gasteiger partial charge in [0.2, 0.25) is 0 Å². The van der Waals surface area contributed by atoms with Gasteiger partial charge in [0.05, 0.1) is 17.8 Å².